The summed E-state index contributed by atoms with van der Waals surface area (Å²) in [5.74, 6) is -0.915. The van der Waals surface area contributed by atoms with E-state index in [-0.39, 0.29) is 24.3 Å². The van der Waals surface area contributed by atoms with Crippen LogP contribution in [0.5, 0.6) is 0 Å². The van der Waals surface area contributed by atoms with Gasteiger partial charge >= 0.3 is 11.9 Å². The van der Waals surface area contributed by atoms with Crippen molar-refractivity contribution in [2.24, 2.45) is 11.8 Å². The molecule has 0 saturated heterocycles. The number of amides is 2. The molecular weight excluding hydrogens is 572 g/mol. The minimum absolute atomic E-state index is 0.164. The molecule has 0 saturated carbocycles. The first-order chi connectivity index (χ1) is 20.2. The quantitative estimate of drug-likeness (QED) is 0.269. The van der Waals surface area contributed by atoms with Crippen LogP contribution in [0.3, 0.4) is 0 Å². The lowest BCUT2D eigenvalue weighted by atomic mass is 9.88. The van der Waals surface area contributed by atoms with E-state index in [2.05, 4.69) is 24.5 Å². The summed E-state index contributed by atoms with van der Waals surface area (Å²) in [4.78, 5) is 55.4. The van der Waals surface area contributed by atoms with Gasteiger partial charge in [0.05, 0.1) is 35.5 Å². The lowest BCUT2D eigenvalue weighted by molar-refractivity contribution is 0.0516. The van der Waals surface area contributed by atoms with Gasteiger partial charge in [-0.25, -0.2) is 9.59 Å². The Hall–Kier alpha value is -3.50. The molecule has 222 valence electrons. The molecule has 0 fully saturated rings. The zero-order valence-electron chi connectivity index (χ0n) is 24.4. The molecule has 0 spiro atoms. The molecule has 42 heavy (non-hydrogen) atoms. The Bertz CT molecular complexity index is 1420. The van der Waals surface area contributed by atoms with Crippen molar-refractivity contribution < 1.29 is 28.7 Å². The SMILES string of the molecule is CCOC(=O)c1c(NC(=O)c2ccccc2C(=O)Nc2sc3c(c2C(=O)OCC)CCC(C)C3)sc2c1CCC(C)C2. The zero-order chi connectivity index (χ0) is 30.0. The third-order valence-corrected chi connectivity index (χ3v) is 10.2. The lowest BCUT2D eigenvalue weighted by Crippen LogP contribution is -2.21. The summed E-state index contributed by atoms with van der Waals surface area (Å²) in [5.41, 5.74) is 3.04. The predicted octanol–water partition coefficient (Wildman–Crippen LogP) is 6.92. The van der Waals surface area contributed by atoms with Gasteiger partial charge in [0.2, 0.25) is 0 Å². The van der Waals surface area contributed by atoms with Crippen LogP contribution in [0.25, 0.3) is 0 Å². The van der Waals surface area contributed by atoms with Crippen molar-refractivity contribution in [3.05, 3.63) is 67.4 Å². The van der Waals surface area contributed by atoms with Crippen LogP contribution in [0.4, 0.5) is 10.0 Å². The highest BCUT2D eigenvalue weighted by molar-refractivity contribution is 7.17. The Morgan fingerprint density at radius 3 is 1.52 bits per heavy atom. The Morgan fingerprint density at radius 2 is 1.14 bits per heavy atom. The minimum atomic E-state index is -0.497. The van der Waals surface area contributed by atoms with Gasteiger partial charge in [-0.3, -0.25) is 9.59 Å². The Kier molecular flexibility index (Phi) is 9.13. The second kappa shape index (κ2) is 12.8. The smallest absolute Gasteiger partial charge is 0.341 e. The standard InChI is InChI=1S/C32H36N2O6S2/c1-5-39-31(37)25-21-13-11-17(3)15-23(21)41-29(25)33-27(35)19-9-7-8-10-20(19)28(36)34-30-26(32(38)40-6-2)22-14-12-18(4)16-24(22)42-30/h7-10,17-18H,5-6,11-16H2,1-4H3,(H,33,35)(H,34,36). The van der Waals surface area contributed by atoms with E-state index in [1.165, 1.54) is 22.7 Å². The topological polar surface area (TPSA) is 111 Å². The number of carbonyl (C=O) groups excluding carboxylic acids is 4. The largest absolute Gasteiger partial charge is 0.462 e. The van der Waals surface area contributed by atoms with Crippen LogP contribution in [0, 0.1) is 11.8 Å². The molecule has 0 radical (unpaired) electrons. The van der Waals surface area contributed by atoms with Crippen molar-refractivity contribution in [2.75, 3.05) is 23.8 Å². The molecule has 3 aromatic rings. The third kappa shape index (κ3) is 6.01. The fraction of sp³-hybridized carbons (Fsp3) is 0.438. The second-order valence-corrected chi connectivity index (χ2v) is 13.2. The van der Waals surface area contributed by atoms with Crippen molar-refractivity contribution in [3.8, 4) is 0 Å². The van der Waals surface area contributed by atoms with Crippen LogP contribution in [-0.4, -0.2) is 37.0 Å². The fourth-order valence-corrected chi connectivity index (χ4v) is 8.52. The van der Waals surface area contributed by atoms with Crippen LogP contribution in [0.2, 0.25) is 0 Å². The molecule has 2 heterocycles. The first-order valence-corrected chi connectivity index (χ1v) is 16.2. The number of fused-ring (bicyclic) bond motifs is 2. The fourth-order valence-electron chi connectivity index (χ4n) is 5.74. The number of carbonyl (C=O) groups is 4. The molecule has 2 unspecified atom stereocenters. The van der Waals surface area contributed by atoms with Gasteiger partial charge in [0.1, 0.15) is 10.0 Å². The van der Waals surface area contributed by atoms with E-state index in [4.69, 9.17) is 9.47 Å². The van der Waals surface area contributed by atoms with Crippen LogP contribution in [-0.2, 0) is 35.2 Å². The van der Waals surface area contributed by atoms with E-state index in [0.29, 0.717) is 33.0 Å². The van der Waals surface area contributed by atoms with Crippen molar-refractivity contribution in [2.45, 2.75) is 66.2 Å². The van der Waals surface area contributed by atoms with Gasteiger partial charge in [-0.05, 0) is 87.5 Å². The van der Waals surface area contributed by atoms with E-state index in [1.807, 2.05) is 0 Å². The molecule has 2 atom stereocenters. The average molecular weight is 609 g/mol. The van der Waals surface area contributed by atoms with E-state index >= 15 is 0 Å². The first kappa shape index (κ1) is 30.0. The maximum absolute atomic E-state index is 13.6. The highest BCUT2D eigenvalue weighted by Crippen LogP contribution is 2.42. The van der Waals surface area contributed by atoms with Crippen molar-refractivity contribution >= 4 is 56.4 Å². The molecule has 1 aromatic carbocycles. The highest BCUT2D eigenvalue weighted by atomic mass is 32.1. The summed E-state index contributed by atoms with van der Waals surface area (Å²) in [6.45, 7) is 8.33. The van der Waals surface area contributed by atoms with E-state index in [1.54, 1.807) is 38.1 Å². The summed E-state index contributed by atoms with van der Waals surface area (Å²) in [6, 6.07) is 6.54. The van der Waals surface area contributed by atoms with Gasteiger partial charge in [-0.15, -0.1) is 22.7 Å². The Labute approximate surface area is 253 Å². The zero-order valence-corrected chi connectivity index (χ0v) is 26.0. The Morgan fingerprint density at radius 1 is 0.738 bits per heavy atom. The maximum Gasteiger partial charge on any atom is 0.341 e. The van der Waals surface area contributed by atoms with Crippen LogP contribution >= 0.6 is 22.7 Å². The van der Waals surface area contributed by atoms with E-state index in [9.17, 15) is 19.2 Å². The summed E-state index contributed by atoms with van der Waals surface area (Å²) in [5, 5.41) is 6.72. The monoisotopic (exact) mass is 608 g/mol. The normalized spacial score (nSPS) is 17.5. The molecule has 10 heteroatoms. The third-order valence-electron chi connectivity index (χ3n) is 7.85. The molecule has 0 bridgehead atoms. The number of esters is 2. The predicted molar refractivity (Wildman–Crippen MR) is 165 cm³/mol. The summed E-state index contributed by atoms with van der Waals surface area (Å²) < 4.78 is 10.7. The van der Waals surface area contributed by atoms with Crippen LogP contribution < -0.4 is 10.6 Å². The maximum atomic E-state index is 13.6. The number of thiophene rings is 2. The minimum Gasteiger partial charge on any atom is -0.462 e. The molecule has 2 N–H and O–H groups in total. The van der Waals surface area contributed by atoms with E-state index < -0.39 is 23.8 Å². The van der Waals surface area contributed by atoms with Gasteiger partial charge in [0.15, 0.2) is 0 Å². The molecule has 8 nitrogen and oxygen atoms in total. The van der Waals surface area contributed by atoms with Gasteiger partial charge in [-0.2, -0.15) is 0 Å². The summed E-state index contributed by atoms with van der Waals surface area (Å²) in [6.07, 6.45) is 5.11. The van der Waals surface area contributed by atoms with Crippen LogP contribution in [0.15, 0.2) is 24.3 Å². The van der Waals surface area contributed by atoms with Gasteiger partial charge in [-0.1, -0.05) is 26.0 Å². The first-order valence-electron chi connectivity index (χ1n) is 14.6. The van der Waals surface area contributed by atoms with Gasteiger partial charge in [0.25, 0.3) is 11.8 Å². The number of nitrogens with one attached hydrogen (secondary N) is 2. The van der Waals surface area contributed by atoms with Crippen molar-refractivity contribution in [1.29, 1.82) is 0 Å². The second-order valence-electron chi connectivity index (χ2n) is 11.0. The summed E-state index contributed by atoms with van der Waals surface area (Å²) in [7, 11) is 0. The molecule has 2 aliphatic rings. The average Bonchev–Trinajstić information content (AvgIpc) is 3.49. The number of hydrogen-bond acceptors (Lipinski definition) is 8. The lowest BCUT2D eigenvalue weighted by Gasteiger charge is -2.18. The number of rotatable bonds is 8. The van der Waals surface area contributed by atoms with Crippen molar-refractivity contribution in [3.63, 3.8) is 0 Å². The molecule has 5 rings (SSSR count). The Balaban J connectivity index is 1.44. The van der Waals surface area contributed by atoms with Gasteiger partial charge < -0.3 is 20.1 Å². The molecule has 2 amide bonds. The summed E-state index contributed by atoms with van der Waals surface area (Å²) >= 11 is 2.80. The molecule has 0 aliphatic heterocycles. The number of benzene rings is 1. The number of hydrogen-bond donors (Lipinski definition) is 2. The van der Waals surface area contributed by atoms with E-state index in [0.717, 1.165) is 59.4 Å². The number of ether oxygens (including phenoxy) is 2. The highest BCUT2D eigenvalue weighted by Gasteiger charge is 2.32. The molecular formula is C32H36N2O6S2. The molecule has 2 aromatic heterocycles. The van der Waals surface area contributed by atoms with Crippen LogP contribution in [0.1, 0.15) is 103 Å². The van der Waals surface area contributed by atoms with Gasteiger partial charge in [0, 0.05) is 9.75 Å². The number of anilines is 2. The van der Waals surface area contributed by atoms with Crippen molar-refractivity contribution in [1.82, 2.24) is 0 Å². The molecule has 2 aliphatic carbocycles.